The fourth-order valence-electron chi connectivity index (χ4n) is 2.00. The Morgan fingerprint density at radius 2 is 1.55 bits per heavy atom. The van der Waals surface area contributed by atoms with E-state index in [1.165, 1.54) is 0 Å². The highest BCUT2D eigenvalue weighted by Crippen LogP contribution is 2.42. The highest BCUT2D eigenvalue weighted by atomic mass is 35.5. The van der Waals surface area contributed by atoms with Gasteiger partial charge < -0.3 is 25.4 Å². The number of carbonyl (C=O) groups excluding carboxylic acids is 1. The molecule has 1 amide bonds. The smallest absolute Gasteiger partial charge is 0.472 e. The summed E-state index contributed by atoms with van der Waals surface area (Å²) in [4.78, 5) is 21.0. The average Bonchev–Trinajstić information content (AvgIpc) is 2.71. The molecule has 9 nitrogen and oxygen atoms in total. The van der Waals surface area contributed by atoms with Crippen LogP contribution in [-0.2, 0) is 18.4 Å². The fourth-order valence-corrected chi connectivity index (χ4v) is 2.86. The Labute approximate surface area is 173 Å². The highest BCUT2D eigenvalue weighted by molar-refractivity contribution is 7.47. The van der Waals surface area contributed by atoms with Crippen LogP contribution in [0.25, 0.3) is 0 Å². The first-order valence-corrected chi connectivity index (χ1v) is 10.5. The Hall–Kier alpha value is -2.13. The van der Waals surface area contributed by atoms with E-state index in [1.54, 1.807) is 48.5 Å². The lowest BCUT2D eigenvalue weighted by molar-refractivity contribution is -0.123. The lowest BCUT2D eigenvalue weighted by Gasteiger charge is -2.12. The van der Waals surface area contributed by atoms with Crippen molar-refractivity contribution in [1.29, 1.82) is 0 Å². The van der Waals surface area contributed by atoms with E-state index in [1.807, 2.05) is 0 Å². The number of hydrogen-bond acceptors (Lipinski definition) is 7. The Bertz CT molecular complexity index is 818. The van der Waals surface area contributed by atoms with E-state index >= 15 is 0 Å². The van der Waals surface area contributed by atoms with Gasteiger partial charge in [-0.25, -0.2) is 4.57 Å². The molecular weight excluding hydrogens is 423 g/mol. The standard InChI is InChI=1S/C18H22ClN2O7P/c19-14-1-3-16(4-2-14)28-17-7-5-15(6-8-17)25-13-18(22)21-10-12-27-29(23,24)26-11-9-20/h1-8H,9-13,20H2,(H,21,22)(H,23,24). The van der Waals surface area contributed by atoms with Gasteiger partial charge in [-0.2, -0.15) is 0 Å². The Kier molecular flexibility index (Phi) is 9.40. The minimum absolute atomic E-state index is 0.0204. The van der Waals surface area contributed by atoms with Crippen LogP contribution < -0.4 is 20.5 Å². The van der Waals surface area contributed by atoms with Gasteiger partial charge in [0.2, 0.25) is 0 Å². The number of hydrogen-bond donors (Lipinski definition) is 3. The zero-order valence-corrected chi connectivity index (χ0v) is 17.1. The Morgan fingerprint density at radius 3 is 2.17 bits per heavy atom. The minimum Gasteiger partial charge on any atom is -0.484 e. The third-order valence-corrected chi connectivity index (χ3v) is 4.56. The van der Waals surface area contributed by atoms with Gasteiger partial charge >= 0.3 is 7.82 Å². The van der Waals surface area contributed by atoms with Crippen molar-refractivity contribution in [2.24, 2.45) is 5.73 Å². The van der Waals surface area contributed by atoms with E-state index in [9.17, 15) is 14.3 Å². The molecular formula is C18H22ClN2O7P. The zero-order valence-electron chi connectivity index (χ0n) is 15.5. The largest absolute Gasteiger partial charge is 0.484 e. The number of phosphoric acid groups is 1. The predicted octanol–water partition coefficient (Wildman–Crippen LogP) is 2.72. The van der Waals surface area contributed by atoms with Gasteiger partial charge in [0, 0.05) is 18.1 Å². The van der Waals surface area contributed by atoms with E-state index in [2.05, 4.69) is 14.4 Å². The van der Waals surface area contributed by atoms with E-state index in [0.29, 0.717) is 22.3 Å². The molecule has 11 heteroatoms. The summed E-state index contributed by atoms with van der Waals surface area (Å²) in [7, 11) is -4.15. The van der Waals surface area contributed by atoms with Crippen LogP contribution in [0.5, 0.6) is 17.2 Å². The van der Waals surface area contributed by atoms with Crippen molar-refractivity contribution in [3.05, 3.63) is 53.6 Å². The van der Waals surface area contributed by atoms with E-state index < -0.39 is 13.7 Å². The normalized spacial score (nSPS) is 12.8. The molecule has 0 bridgehead atoms. The van der Waals surface area contributed by atoms with Crippen LogP contribution in [-0.4, -0.2) is 43.7 Å². The van der Waals surface area contributed by atoms with Crippen molar-refractivity contribution in [2.75, 3.05) is 32.9 Å². The van der Waals surface area contributed by atoms with Crippen LogP contribution in [0.4, 0.5) is 0 Å². The van der Waals surface area contributed by atoms with Crippen LogP contribution in [0.15, 0.2) is 48.5 Å². The number of nitrogens with two attached hydrogens (primary N) is 1. The summed E-state index contributed by atoms with van der Waals surface area (Å²) in [6.45, 7) is -0.404. The van der Waals surface area contributed by atoms with Crippen LogP contribution in [0.3, 0.4) is 0 Å². The Morgan fingerprint density at radius 1 is 1.00 bits per heavy atom. The van der Waals surface area contributed by atoms with Gasteiger partial charge in [-0.15, -0.1) is 0 Å². The van der Waals surface area contributed by atoms with E-state index in [-0.39, 0.29) is 32.9 Å². The molecule has 0 saturated heterocycles. The number of amides is 1. The quantitative estimate of drug-likeness (QED) is 0.336. The minimum atomic E-state index is -4.15. The van der Waals surface area contributed by atoms with E-state index in [4.69, 9.17) is 26.8 Å². The first-order chi connectivity index (χ1) is 13.9. The molecule has 0 aliphatic heterocycles. The second kappa shape index (κ2) is 11.8. The molecule has 158 valence electrons. The molecule has 2 aromatic carbocycles. The van der Waals surface area contributed by atoms with Crippen LogP contribution in [0.2, 0.25) is 5.02 Å². The number of ether oxygens (including phenoxy) is 2. The summed E-state index contributed by atoms with van der Waals surface area (Å²) in [5.41, 5.74) is 5.16. The van der Waals surface area contributed by atoms with Gasteiger partial charge in [0.15, 0.2) is 6.61 Å². The summed E-state index contributed by atoms with van der Waals surface area (Å²) in [6, 6.07) is 13.7. The van der Waals surface area contributed by atoms with Crippen molar-refractivity contribution in [3.63, 3.8) is 0 Å². The molecule has 4 N–H and O–H groups in total. The number of rotatable bonds is 12. The van der Waals surface area contributed by atoms with Gasteiger partial charge in [-0.1, -0.05) is 11.6 Å². The fraction of sp³-hybridized carbons (Fsp3) is 0.278. The third-order valence-electron chi connectivity index (χ3n) is 3.29. The lowest BCUT2D eigenvalue weighted by atomic mass is 10.3. The summed E-state index contributed by atoms with van der Waals surface area (Å²) in [6.07, 6.45) is 0. The molecule has 1 atom stereocenters. The van der Waals surface area contributed by atoms with Crippen molar-refractivity contribution < 1.29 is 32.8 Å². The maximum Gasteiger partial charge on any atom is 0.472 e. The maximum atomic E-state index is 11.7. The highest BCUT2D eigenvalue weighted by Gasteiger charge is 2.19. The van der Waals surface area contributed by atoms with Gasteiger partial charge in [0.05, 0.1) is 13.2 Å². The first kappa shape index (κ1) is 23.2. The van der Waals surface area contributed by atoms with Gasteiger partial charge in [-0.3, -0.25) is 13.8 Å². The number of nitrogens with one attached hydrogen (secondary N) is 1. The molecule has 2 rings (SSSR count). The molecule has 0 heterocycles. The molecule has 0 aliphatic carbocycles. The summed E-state index contributed by atoms with van der Waals surface area (Å²) in [5, 5.41) is 3.11. The second-order valence-corrected chi connectivity index (χ2v) is 7.48. The van der Waals surface area contributed by atoms with Crippen LogP contribution >= 0.6 is 19.4 Å². The number of carbonyl (C=O) groups is 1. The van der Waals surface area contributed by atoms with Crippen LogP contribution in [0.1, 0.15) is 0 Å². The summed E-state index contributed by atoms with van der Waals surface area (Å²) >= 11 is 5.83. The van der Waals surface area contributed by atoms with Gasteiger partial charge in [-0.05, 0) is 48.5 Å². The topological polar surface area (TPSA) is 129 Å². The molecule has 0 spiro atoms. The molecule has 0 aromatic heterocycles. The van der Waals surface area contributed by atoms with Crippen molar-refractivity contribution in [3.8, 4) is 17.2 Å². The number of halogens is 1. The summed E-state index contributed by atoms with van der Waals surface area (Å²) < 4.78 is 31.6. The molecule has 0 saturated carbocycles. The average molecular weight is 445 g/mol. The monoisotopic (exact) mass is 444 g/mol. The predicted molar refractivity (Wildman–Crippen MR) is 107 cm³/mol. The van der Waals surface area contributed by atoms with Crippen molar-refractivity contribution in [2.45, 2.75) is 0 Å². The maximum absolute atomic E-state index is 11.7. The van der Waals surface area contributed by atoms with E-state index in [0.717, 1.165) is 0 Å². The van der Waals surface area contributed by atoms with Crippen molar-refractivity contribution >= 4 is 25.3 Å². The molecule has 2 aromatic rings. The second-order valence-electron chi connectivity index (χ2n) is 5.59. The number of phosphoric ester groups is 1. The molecule has 0 radical (unpaired) electrons. The SMILES string of the molecule is NCCOP(=O)(O)OCCNC(=O)COc1ccc(Oc2ccc(Cl)cc2)cc1. The lowest BCUT2D eigenvalue weighted by Crippen LogP contribution is -2.31. The Balaban J connectivity index is 1.66. The summed E-state index contributed by atoms with van der Waals surface area (Å²) in [5.74, 6) is 1.32. The first-order valence-electron chi connectivity index (χ1n) is 8.63. The molecule has 0 fully saturated rings. The molecule has 1 unspecified atom stereocenters. The van der Waals surface area contributed by atoms with Gasteiger partial charge in [0.1, 0.15) is 17.2 Å². The number of benzene rings is 2. The van der Waals surface area contributed by atoms with Crippen LogP contribution in [0, 0.1) is 0 Å². The third kappa shape index (κ3) is 9.27. The molecule has 0 aliphatic rings. The zero-order chi connectivity index (χ0) is 21.1. The van der Waals surface area contributed by atoms with Gasteiger partial charge in [0.25, 0.3) is 5.91 Å². The van der Waals surface area contributed by atoms with Crippen molar-refractivity contribution in [1.82, 2.24) is 5.32 Å². The molecule has 29 heavy (non-hydrogen) atoms.